The molecule has 1 aliphatic rings. The Morgan fingerprint density at radius 3 is 2.94 bits per heavy atom. The van der Waals surface area contributed by atoms with Gasteiger partial charge in [-0.25, -0.2) is 9.37 Å². The van der Waals surface area contributed by atoms with Gasteiger partial charge in [0.1, 0.15) is 22.8 Å². The second-order valence-corrected chi connectivity index (χ2v) is 7.56. The SMILES string of the molecule is C[C@@H](OC(=O)Cc1c(-c2ccc3c(c2F)CCC(=O)N3)nnn1C)c1cccnc1Cl. The number of nitrogens with zero attached hydrogens (tertiary/aromatic N) is 4. The van der Waals surface area contributed by atoms with E-state index in [9.17, 15) is 9.59 Å². The first kappa shape index (κ1) is 20.9. The third kappa shape index (κ3) is 4.13. The molecule has 4 rings (SSSR count). The maximum atomic E-state index is 15.2. The molecule has 31 heavy (non-hydrogen) atoms. The second-order valence-electron chi connectivity index (χ2n) is 7.20. The van der Waals surface area contributed by atoms with E-state index in [1.165, 1.54) is 10.7 Å². The lowest BCUT2D eigenvalue weighted by molar-refractivity contribution is -0.147. The molecule has 0 fully saturated rings. The molecular formula is C21H19ClFN5O3. The van der Waals surface area contributed by atoms with Gasteiger partial charge in [0.05, 0.1) is 12.1 Å². The summed E-state index contributed by atoms with van der Waals surface area (Å²) in [6, 6.07) is 6.59. The van der Waals surface area contributed by atoms with Crippen molar-refractivity contribution in [2.75, 3.05) is 5.32 Å². The normalized spacial score (nSPS) is 14.0. The third-order valence-electron chi connectivity index (χ3n) is 5.16. The summed E-state index contributed by atoms with van der Waals surface area (Å²) in [5, 5.41) is 10.9. The molecule has 3 heterocycles. The van der Waals surface area contributed by atoms with Crippen molar-refractivity contribution in [1.82, 2.24) is 20.0 Å². The predicted molar refractivity (Wildman–Crippen MR) is 111 cm³/mol. The first-order valence-electron chi connectivity index (χ1n) is 9.65. The highest BCUT2D eigenvalue weighted by Crippen LogP contribution is 2.33. The molecule has 1 aromatic carbocycles. The number of hydrogen-bond acceptors (Lipinski definition) is 6. The largest absolute Gasteiger partial charge is 0.457 e. The molecule has 1 N–H and O–H groups in total. The molecule has 0 bridgehead atoms. The number of anilines is 1. The van der Waals surface area contributed by atoms with Crippen LogP contribution in [0.4, 0.5) is 10.1 Å². The van der Waals surface area contributed by atoms with Crippen molar-refractivity contribution in [3.8, 4) is 11.3 Å². The Morgan fingerprint density at radius 1 is 1.35 bits per heavy atom. The molecule has 0 saturated heterocycles. The summed E-state index contributed by atoms with van der Waals surface area (Å²) in [5.74, 6) is -1.17. The number of amides is 1. The fourth-order valence-corrected chi connectivity index (χ4v) is 3.81. The standard InChI is InChI=1S/C21H19ClFN5O3/c1-11(12-4-3-9-24-21(12)22)31-18(30)10-16-20(26-27-28(16)2)14-5-7-15-13(19(14)23)6-8-17(29)25-15/h3-5,7,9,11H,6,8,10H2,1-2H3,(H,25,29)/t11-/m1/s1. The van der Waals surface area contributed by atoms with Crippen molar-refractivity contribution in [3.05, 3.63) is 58.3 Å². The fraction of sp³-hybridized carbons (Fsp3) is 0.286. The molecule has 160 valence electrons. The van der Waals surface area contributed by atoms with Gasteiger partial charge in [-0.15, -0.1) is 5.10 Å². The number of aromatic nitrogens is 4. The number of benzene rings is 1. The number of carbonyl (C=O) groups is 2. The number of carbonyl (C=O) groups excluding carboxylic acids is 2. The molecule has 0 unspecified atom stereocenters. The number of rotatable bonds is 5. The zero-order valence-corrected chi connectivity index (χ0v) is 17.6. The highest BCUT2D eigenvalue weighted by atomic mass is 35.5. The van der Waals surface area contributed by atoms with E-state index >= 15 is 4.39 Å². The summed E-state index contributed by atoms with van der Waals surface area (Å²) < 4.78 is 22.1. The van der Waals surface area contributed by atoms with Gasteiger partial charge >= 0.3 is 5.97 Å². The molecule has 0 aliphatic carbocycles. The highest BCUT2D eigenvalue weighted by molar-refractivity contribution is 6.30. The number of esters is 1. The van der Waals surface area contributed by atoms with Crippen LogP contribution in [0.25, 0.3) is 11.3 Å². The van der Waals surface area contributed by atoms with E-state index in [0.717, 1.165) is 0 Å². The number of nitrogens with one attached hydrogen (secondary N) is 1. The van der Waals surface area contributed by atoms with Crippen molar-refractivity contribution in [1.29, 1.82) is 0 Å². The van der Waals surface area contributed by atoms with E-state index in [-0.39, 0.29) is 35.2 Å². The van der Waals surface area contributed by atoms with Gasteiger partial charge in [-0.05, 0) is 31.5 Å². The van der Waals surface area contributed by atoms with E-state index in [2.05, 4.69) is 20.6 Å². The van der Waals surface area contributed by atoms with Crippen molar-refractivity contribution in [3.63, 3.8) is 0 Å². The molecule has 0 saturated carbocycles. The van der Waals surface area contributed by atoms with Crippen molar-refractivity contribution in [2.24, 2.45) is 7.05 Å². The zero-order valence-electron chi connectivity index (χ0n) is 16.9. The number of hydrogen-bond donors (Lipinski definition) is 1. The number of halogens is 2. The van der Waals surface area contributed by atoms with Gasteiger partial charge in [0.2, 0.25) is 5.91 Å². The first-order valence-corrected chi connectivity index (χ1v) is 10.0. The van der Waals surface area contributed by atoms with E-state index in [1.807, 2.05) is 0 Å². The van der Waals surface area contributed by atoms with Crippen LogP contribution in [-0.4, -0.2) is 31.9 Å². The molecule has 0 spiro atoms. The minimum Gasteiger partial charge on any atom is -0.457 e. The smallest absolute Gasteiger partial charge is 0.312 e. The Hall–Kier alpha value is -3.33. The summed E-state index contributed by atoms with van der Waals surface area (Å²) in [6.07, 6.45) is 1.28. The lowest BCUT2D eigenvalue weighted by atomic mass is 9.97. The summed E-state index contributed by atoms with van der Waals surface area (Å²) >= 11 is 6.07. The van der Waals surface area contributed by atoms with Gasteiger partial charge in [0, 0.05) is 42.0 Å². The average molecular weight is 444 g/mol. The van der Waals surface area contributed by atoms with Crippen LogP contribution < -0.4 is 5.32 Å². The zero-order chi connectivity index (χ0) is 22.1. The minimum atomic E-state index is -0.609. The molecule has 2 aromatic heterocycles. The van der Waals surface area contributed by atoms with E-state index < -0.39 is 17.9 Å². The molecule has 1 atom stereocenters. The van der Waals surface area contributed by atoms with Gasteiger partial charge in [-0.1, -0.05) is 22.9 Å². The molecule has 10 heteroatoms. The number of pyridine rings is 1. The van der Waals surface area contributed by atoms with Gasteiger partial charge in [-0.3, -0.25) is 14.3 Å². The van der Waals surface area contributed by atoms with Crippen LogP contribution in [0.1, 0.15) is 36.3 Å². The Balaban J connectivity index is 1.58. The molecular weight excluding hydrogens is 425 g/mol. The van der Waals surface area contributed by atoms with Crippen LogP contribution >= 0.6 is 11.6 Å². The summed E-state index contributed by atoms with van der Waals surface area (Å²) in [7, 11) is 1.62. The van der Waals surface area contributed by atoms with Gasteiger partial charge in [0.25, 0.3) is 0 Å². The number of aryl methyl sites for hydroxylation is 1. The predicted octanol–water partition coefficient (Wildman–Crippen LogP) is 3.40. The van der Waals surface area contributed by atoms with E-state index in [0.29, 0.717) is 28.9 Å². The quantitative estimate of drug-likeness (QED) is 0.479. The van der Waals surface area contributed by atoms with Crippen LogP contribution in [0, 0.1) is 5.82 Å². The number of fused-ring (bicyclic) bond motifs is 1. The van der Waals surface area contributed by atoms with Crippen molar-refractivity contribution in [2.45, 2.75) is 32.3 Å². The monoisotopic (exact) mass is 443 g/mol. The summed E-state index contributed by atoms with van der Waals surface area (Å²) in [4.78, 5) is 28.1. The third-order valence-corrected chi connectivity index (χ3v) is 5.48. The highest BCUT2D eigenvalue weighted by Gasteiger charge is 2.26. The average Bonchev–Trinajstić information content (AvgIpc) is 3.08. The van der Waals surface area contributed by atoms with Crippen LogP contribution in [0.2, 0.25) is 5.15 Å². The van der Waals surface area contributed by atoms with E-state index in [1.54, 1.807) is 38.4 Å². The van der Waals surface area contributed by atoms with Gasteiger partial charge in [0.15, 0.2) is 0 Å². The molecule has 8 nitrogen and oxygen atoms in total. The van der Waals surface area contributed by atoms with Crippen molar-refractivity contribution >= 4 is 29.2 Å². The maximum Gasteiger partial charge on any atom is 0.312 e. The van der Waals surface area contributed by atoms with Crippen molar-refractivity contribution < 1.29 is 18.7 Å². The number of ether oxygens (including phenoxy) is 1. The lowest BCUT2D eigenvalue weighted by Crippen LogP contribution is -2.20. The molecule has 1 aliphatic heterocycles. The topological polar surface area (TPSA) is 99.0 Å². The fourth-order valence-electron chi connectivity index (χ4n) is 3.54. The van der Waals surface area contributed by atoms with Crippen LogP contribution in [0.15, 0.2) is 30.5 Å². The second kappa shape index (κ2) is 8.43. The van der Waals surface area contributed by atoms with Gasteiger partial charge in [-0.2, -0.15) is 0 Å². The molecule has 3 aromatic rings. The molecule has 0 radical (unpaired) electrons. The minimum absolute atomic E-state index is 0.148. The van der Waals surface area contributed by atoms with Crippen LogP contribution in [0.5, 0.6) is 0 Å². The molecule has 1 amide bonds. The first-order chi connectivity index (χ1) is 14.8. The van der Waals surface area contributed by atoms with Gasteiger partial charge < -0.3 is 10.1 Å². The Kier molecular flexibility index (Phi) is 5.69. The Labute approximate surface area is 182 Å². The maximum absolute atomic E-state index is 15.2. The summed E-state index contributed by atoms with van der Waals surface area (Å²) in [6.45, 7) is 1.70. The van der Waals surface area contributed by atoms with E-state index in [4.69, 9.17) is 16.3 Å². The van der Waals surface area contributed by atoms with Crippen LogP contribution in [-0.2, 0) is 34.2 Å². The summed E-state index contributed by atoms with van der Waals surface area (Å²) in [5.41, 5.74) is 2.33. The Morgan fingerprint density at radius 2 is 2.16 bits per heavy atom. The van der Waals surface area contributed by atoms with Crippen LogP contribution in [0.3, 0.4) is 0 Å². The Bertz CT molecular complexity index is 1180. The lowest BCUT2D eigenvalue weighted by Gasteiger charge is -2.19.